The number of hydrogen-bond acceptors (Lipinski definition) is 4. The predicted octanol–water partition coefficient (Wildman–Crippen LogP) is 1.81. The van der Waals surface area contributed by atoms with E-state index in [0.717, 1.165) is 11.6 Å². The molecular formula is C14H20N4O. The number of hydrogen-bond donors (Lipinski definition) is 1. The van der Waals surface area contributed by atoms with Gasteiger partial charge in [0.1, 0.15) is 24.5 Å². The lowest BCUT2D eigenvalue weighted by Gasteiger charge is -2.14. The van der Waals surface area contributed by atoms with E-state index in [1.807, 2.05) is 35.0 Å². The summed E-state index contributed by atoms with van der Waals surface area (Å²) in [6.45, 7) is 4.61. The third-order valence-electron chi connectivity index (χ3n) is 2.79. The lowest BCUT2D eigenvalue weighted by molar-refractivity contribution is 0.284. The van der Waals surface area contributed by atoms with E-state index in [9.17, 15) is 0 Å². The van der Waals surface area contributed by atoms with Gasteiger partial charge in [0.25, 0.3) is 0 Å². The Morgan fingerprint density at radius 3 is 2.68 bits per heavy atom. The number of nitrogens with zero attached hydrogens (tertiary/aromatic N) is 3. The molecule has 2 rings (SSSR count). The molecule has 0 fully saturated rings. The van der Waals surface area contributed by atoms with Gasteiger partial charge in [-0.15, -0.1) is 0 Å². The van der Waals surface area contributed by atoms with Crippen molar-refractivity contribution in [1.82, 2.24) is 14.8 Å². The van der Waals surface area contributed by atoms with Crippen molar-refractivity contribution in [2.24, 2.45) is 5.73 Å². The fourth-order valence-electron chi connectivity index (χ4n) is 1.86. The van der Waals surface area contributed by atoms with E-state index in [2.05, 4.69) is 23.9 Å². The van der Waals surface area contributed by atoms with Gasteiger partial charge in [-0.1, -0.05) is 18.2 Å². The van der Waals surface area contributed by atoms with Crippen molar-refractivity contribution in [3.8, 4) is 5.75 Å². The second kappa shape index (κ2) is 6.33. The van der Waals surface area contributed by atoms with Crippen LogP contribution in [0.25, 0.3) is 0 Å². The highest BCUT2D eigenvalue weighted by atomic mass is 16.5. The molecule has 0 aliphatic rings. The number of rotatable bonds is 6. The van der Waals surface area contributed by atoms with Crippen LogP contribution in [0.4, 0.5) is 0 Å². The monoisotopic (exact) mass is 260 g/mol. The largest absolute Gasteiger partial charge is 0.492 e. The summed E-state index contributed by atoms with van der Waals surface area (Å²) in [5.74, 6) is 1.74. The van der Waals surface area contributed by atoms with Gasteiger partial charge < -0.3 is 10.5 Å². The Morgan fingerprint density at radius 2 is 2.00 bits per heavy atom. The molecule has 1 unspecified atom stereocenters. The Bertz CT molecular complexity index is 495. The second-order valence-corrected chi connectivity index (χ2v) is 4.80. The molecular weight excluding hydrogens is 240 g/mol. The van der Waals surface area contributed by atoms with E-state index in [4.69, 9.17) is 10.5 Å². The summed E-state index contributed by atoms with van der Waals surface area (Å²) in [5, 5.41) is 4.20. The van der Waals surface area contributed by atoms with Gasteiger partial charge in [0.05, 0.1) is 0 Å². The summed E-state index contributed by atoms with van der Waals surface area (Å²) in [6.07, 6.45) is 2.23. The topological polar surface area (TPSA) is 66.0 Å². The van der Waals surface area contributed by atoms with Crippen LogP contribution in [0.1, 0.15) is 25.7 Å². The van der Waals surface area contributed by atoms with Crippen molar-refractivity contribution in [3.05, 3.63) is 42.5 Å². The minimum absolute atomic E-state index is 0.0955. The Hall–Kier alpha value is -1.88. The molecule has 5 nitrogen and oxygen atoms in total. The molecule has 0 radical (unpaired) electrons. The van der Waals surface area contributed by atoms with Gasteiger partial charge in [-0.25, -0.2) is 9.67 Å². The summed E-state index contributed by atoms with van der Waals surface area (Å²) >= 11 is 0. The van der Waals surface area contributed by atoms with E-state index in [1.165, 1.54) is 0 Å². The Morgan fingerprint density at radius 1 is 1.26 bits per heavy atom. The Balaban J connectivity index is 1.87. The SMILES string of the molecule is CC(C)n1ncnc1CC(N)COc1ccccc1. The number of para-hydroxylation sites is 1. The lowest BCUT2D eigenvalue weighted by Crippen LogP contribution is -2.31. The van der Waals surface area contributed by atoms with Crippen molar-refractivity contribution < 1.29 is 4.74 Å². The molecule has 0 saturated carbocycles. The van der Waals surface area contributed by atoms with E-state index in [-0.39, 0.29) is 6.04 Å². The van der Waals surface area contributed by atoms with Gasteiger partial charge in [-0.05, 0) is 26.0 Å². The highest BCUT2D eigenvalue weighted by molar-refractivity contribution is 5.20. The molecule has 2 N–H and O–H groups in total. The molecule has 0 spiro atoms. The minimum Gasteiger partial charge on any atom is -0.492 e. The first-order valence-corrected chi connectivity index (χ1v) is 6.48. The predicted molar refractivity (Wildman–Crippen MR) is 74.0 cm³/mol. The highest BCUT2D eigenvalue weighted by Gasteiger charge is 2.12. The van der Waals surface area contributed by atoms with Crippen molar-refractivity contribution in [2.45, 2.75) is 32.4 Å². The third kappa shape index (κ3) is 3.79. The van der Waals surface area contributed by atoms with Crippen molar-refractivity contribution >= 4 is 0 Å². The average Bonchev–Trinajstić information content (AvgIpc) is 2.86. The van der Waals surface area contributed by atoms with Crippen molar-refractivity contribution in [1.29, 1.82) is 0 Å². The lowest BCUT2D eigenvalue weighted by atomic mass is 10.2. The number of aromatic nitrogens is 3. The van der Waals surface area contributed by atoms with Crippen LogP contribution in [0.3, 0.4) is 0 Å². The first-order chi connectivity index (χ1) is 9.16. The van der Waals surface area contributed by atoms with E-state index >= 15 is 0 Å². The fourth-order valence-corrected chi connectivity index (χ4v) is 1.86. The summed E-state index contributed by atoms with van der Waals surface area (Å²) in [7, 11) is 0. The average molecular weight is 260 g/mol. The number of ether oxygens (including phenoxy) is 1. The van der Waals surface area contributed by atoms with Gasteiger partial charge >= 0.3 is 0 Å². The second-order valence-electron chi connectivity index (χ2n) is 4.80. The van der Waals surface area contributed by atoms with Crippen molar-refractivity contribution in [2.75, 3.05) is 6.61 Å². The molecule has 0 aliphatic carbocycles. The van der Waals surface area contributed by atoms with Crippen molar-refractivity contribution in [3.63, 3.8) is 0 Å². The van der Waals surface area contributed by atoms with Gasteiger partial charge in [0.15, 0.2) is 0 Å². The van der Waals surface area contributed by atoms with Crippen LogP contribution in [0, 0.1) is 0 Å². The normalized spacial score (nSPS) is 12.6. The molecule has 102 valence electrons. The quantitative estimate of drug-likeness (QED) is 0.860. The molecule has 1 atom stereocenters. The maximum atomic E-state index is 6.08. The van der Waals surface area contributed by atoms with Gasteiger partial charge in [-0.2, -0.15) is 5.10 Å². The molecule has 1 aromatic carbocycles. The van der Waals surface area contributed by atoms with Crippen LogP contribution in [0.2, 0.25) is 0 Å². The molecule has 2 aromatic rings. The molecule has 0 saturated heterocycles. The number of benzene rings is 1. The maximum Gasteiger partial charge on any atom is 0.138 e. The first kappa shape index (κ1) is 13.5. The van der Waals surface area contributed by atoms with Crippen LogP contribution in [-0.2, 0) is 6.42 Å². The van der Waals surface area contributed by atoms with Gasteiger partial charge in [0, 0.05) is 18.5 Å². The summed E-state index contributed by atoms with van der Waals surface area (Å²) in [6, 6.07) is 9.87. The maximum absolute atomic E-state index is 6.08. The van der Waals surface area contributed by atoms with Crippen LogP contribution >= 0.6 is 0 Å². The first-order valence-electron chi connectivity index (χ1n) is 6.48. The molecule has 0 aliphatic heterocycles. The summed E-state index contributed by atoms with van der Waals surface area (Å²) in [4.78, 5) is 4.25. The van der Waals surface area contributed by atoms with Gasteiger partial charge in [0.2, 0.25) is 0 Å². The highest BCUT2D eigenvalue weighted by Crippen LogP contribution is 2.10. The molecule has 19 heavy (non-hydrogen) atoms. The zero-order chi connectivity index (χ0) is 13.7. The van der Waals surface area contributed by atoms with E-state index in [0.29, 0.717) is 19.1 Å². The Labute approximate surface area is 113 Å². The molecule has 1 aromatic heterocycles. The van der Waals surface area contributed by atoms with Gasteiger partial charge in [-0.3, -0.25) is 0 Å². The molecule has 1 heterocycles. The Kier molecular flexibility index (Phi) is 4.52. The minimum atomic E-state index is -0.0955. The molecule has 0 amide bonds. The fraction of sp³-hybridized carbons (Fsp3) is 0.429. The van der Waals surface area contributed by atoms with E-state index in [1.54, 1.807) is 6.33 Å². The van der Waals surface area contributed by atoms with Crippen LogP contribution in [-0.4, -0.2) is 27.4 Å². The van der Waals surface area contributed by atoms with E-state index < -0.39 is 0 Å². The smallest absolute Gasteiger partial charge is 0.138 e. The zero-order valence-corrected chi connectivity index (χ0v) is 11.4. The standard InChI is InChI=1S/C14H20N4O/c1-11(2)18-14(16-10-17-18)8-12(15)9-19-13-6-4-3-5-7-13/h3-7,10-12H,8-9,15H2,1-2H3. The van der Waals surface area contributed by atoms with Crippen LogP contribution in [0.5, 0.6) is 5.75 Å². The summed E-state index contributed by atoms with van der Waals surface area (Å²) < 4.78 is 7.53. The number of nitrogens with two attached hydrogens (primary N) is 1. The van der Waals surface area contributed by atoms with Crippen LogP contribution < -0.4 is 10.5 Å². The summed E-state index contributed by atoms with van der Waals surface area (Å²) in [5.41, 5.74) is 6.08. The third-order valence-corrected chi connectivity index (χ3v) is 2.79. The van der Waals surface area contributed by atoms with Crippen LogP contribution in [0.15, 0.2) is 36.7 Å². The molecule has 0 bridgehead atoms. The molecule has 5 heteroatoms. The zero-order valence-electron chi connectivity index (χ0n) is 11.4.